The molecule has 2 aliphatic rings. The highest BCUT2D eigenvalue weighted by Crippen LogP contribution is 2.49. The number of benzene rings is 3. The maximum absolute atomic E-state index is 13.7. The number of amides is 1. The van der Waals surface area contributed by atoms with E-state index in [1.807, 2.05) is 73.7 Å². The van der Waals surface area contributed by atoms with E-state index in [0.717, 1.165) is 11.1 Å². The molecule has 0 radical (unpaired) electrons. The van der Waals surface area contributed by atoms with Crippen molar-refractivity contribution < 1.29 is 14.4 Å². The van der Waals surface area contributed by atoms with Gasteiger partial charge >= 0.3 is 0 Å². The van der Waals surface area contributed by atoms with Crippen molar-refractivity contribution in [3.05, 3.63) is 107 Å². The zero-order chi connectivity index (χ0) is 21.4. The highest BCUT2D eigenvalue weighted by Gasteiger charge is 2.62. The van der Waals surface area contributed by atoms with Crippen LogP contribution in [0.3, 0.4) is 0 Å². The molecule has 1 amide bonds. The zero-order valence-corrected chi connectivity index (χ0v) is 16.9. The summed E-state index contributed by atoms with van der Waals surface area (Å²) in [7, 11) is 0. The van der Waals surface area contributed by atoms with Crippen LogP contribution in [0.4, 0.5) is 5.69 Å². The van der Waals surface area contributed by atoms with Crippen molar-refractivity contribution in [2.75, 3.05) is 5.32 Å². The maximum Gasteiger partial charge on any atom is 0.277 e. The SMILES string of the molecule is Cc1ccc(C(=O)[C@H]2C(/C=C/c3ccccc3)=NO[C@]23C(=O)Nc2ccccc23)cc1. The highest BCUT2D eigenvalue weighted by atomic mass is 16.7. The average molecular weight is 408 g/mol. The largest absolute Gasteiger partial charge is 0.373 e. The minimum absolute atomic E-state index is 0.208. The van der Waals surface area contributed by atoms with Crippen molar-refractivity contribution in [2.45, 2.75) is 12.5 Å². The minimum Gasteiger partial charge on any atom is -0.373 e. The van der Waals surface area contributed by atoms with Crippen LogP contribution in [0.2, 0.25) is 0 Å². The first-order valence-electron chi connectivity index (χ1n) is 10.1. The number of Topliss-reactive ketones (excluding diaryl/α,β-unsaturated/α-hetero) is 1. The van der Waals surface area contributed by atoms with Crippen LogP contribution in [0.5, 0.6) is 0 Å². The molecule has 31 heavy (non-hydrogen) atoms. The van der Waals surface area contributed by atoms with Gasteiger partial charge in [0, 0.05) is 16.8 Å². The van der Waals surface area contributed by atoms with Gasteiger partial charge in [0.15, 0.2) is 5.78 Å². The smallest absolute Gasteiger partial charge is 0.277 e. The van der Waals surface area contributed by atoms with Gasteiger partial charge in [-0.2, -0.15) is 0 Å². The minimum atomic E-state index is -1.52. The molecule has 1 spiro atoms. The number of aryl methyl sites for hydroxylation is 1. The monoisotopic (exact) mass is 408 g/mol. The molecule has 5 heteroatoms. The van der Waals surface area contributed by atoms with E-state index in [4.69, 9.17) is 4.84 Å². The summed E-state index contributed by atoms with van der Waals surface area (Å²) in [5.41, 5.74) is 2.68. The average Bonchev–Trinajstić information content (AvgIpc) is 3.32. The van der Waals surface area contributed by atoms with Gasteiger partial charge in [-0.1, -0.05) is 89.6 Å². The molecule has 0 bridgehead atoms. The van der Waals surface area contributed by atoms with E-state index in [2.05, 4.69) is 10.5 Å². The van der Waals surface area contributed by atoms with Crippen LogP contribution in [0, 0.1) is 12.8 Å². The van der Waals surface area contributed by atoms with Crippen molar-refractivity contribution >= 4 is 29.2 Å². The summed E-state index contributed by atoms with van der Waals surface area (Å²) in [5.74, 6) is -1.49. The normalized spacial score (nSPS) is 21.6. The first kappa shape index (κ1) is 19.0. The van der Waals surface area contributed by atoms with Crippen molar-refractivity contribution in [1.82, 2.24) is 0 Å². The summed E-state index contributed by atoms with van der Waals surface area (Å²) in [6.45, 7) is 1.96. The van der Waals surface area contributed by atoms with Crippen molar-refractivity contribution in [3.8, 4) is 0 Å². The van der Waals surface area contributed by atoms with E-state index in [1.165, 1.54) is 0 Å². The van der Waals surface area contributed by atoms with Crippen LogP contribution in [0.15, 0.2) is 90.1 Å². The lowest BCUT2D eigenvalue weighted by Crippen LogP contribution is -2.46. The van der Waals surface area contributed by atoms with Gasteiger partial charge in [0.1, 0.15) is 5.92 Å². The molecule has 1 N–H and O–H groups in total. The molecular formula is C26H20N2O3. The molecule has 152 valence electrons. The number of ketones is 1. The summed E-state index contributed by atoms with van der Waals surface area (Å²) in [4.78, 5) is 32.7. The molecule has 0 unspecified atom stereocenters. The van der Waals surface area contributed by atoms with Crippen LogP contribution < -0.4 is 5.32 Å². The van der Waals surface area contributed by atoms with Gasteiger partial charge in [-0.25, -0.2) is 0 Å². The van der Waals surface area contributed by atoms with Gasteiger partial charge in [-0.05, 0) is 24.6 Å². The van der Waals surface area contributed by atoms with Crippen molar-refractivity contribution in [2.24, 2.45) is 11.1 Å². The number of fused-ring (bicyclic) bond motifs is 2. The molecule has 0 saturated carbocycles. The highest BCUT2D eigenvalue weighted by molar-refractivity contribution is 6.23. The van der Waals surface area contributed by atoms with Crippen LogP contribution in [0.1, 0.15) is 27.0 Å². The van der Waals surface area contributed by atoms with Gasteiger partial charge in [0.05, 0.1) is 5.71 Å². The Balaban J connectivity index is 1.61. The Morgan fingerprint density at radius 1 is 0.968 bits per heavy atom. The third kappa shape index (κ3) is 3.06. The van der Waals surface area contributed by atoms with Gasteiger partial charge in [-0.3, -0.25) is 9.59 Å². The lowest BCUT2D eigenvalue weighted by molar-refractivity contribution is -0.140. The lowest BCUT2D eigenvalue weighted by Gasteiger charge is -2.26. The number of oxime groups is 1. The predicted octanol–water partition coefficient (Wildman–Crippen LogP) is 4.74. The number of carbonyl (C=O) groups excluding carboxylic acids is 2. The van der Waals surface area contributed by atoms with E-state index >= 15 is 0 Å². The molecule has 0 saturated heterocycles. The van der Waals surface area contributed by atoms with Crippen molar-refractivity contribution in [1.29, 1.82) is 0 Å². The Kier molecular flexibility index (Phi) is 4.51. The summed E-state index contributed by atoms with van der Waals surface area (Å²) >= 11 is 0. The van der Waals surface area contributed by atoms with E-state index in [0.29, 0.717) is 22.5 Å². The van der Waals surface area contributed by atoms with E-state index in [9.17, 15) is 9.59 Å². The number of para-hydroxylation sites is 1. The van der Waals surface area contributed by atoms with Gasteiger partial charge in [0.25, 0.3) is 11.5 Å². The fourth-order valence-corrected chi connectivity index (χ4v) is 4.14. The Morgan fingerprint density at radius 3 is 2.45 bits per heavy atom. The quantitative estimate of drug-likeness (QED) is 0.634. The Morgan fingerprint density at radius 2 is 1.68 bits per heavy atom. The first-order chi connectivity index (χ1) is 15.1. The zero-order valence-electron chi connectivity index (χ0n) is 16.9. The fraction of sp³-hybridized carbons (Fsp3) is 0.115. The number of allylic oxidation sites excluding steroid dienone is 1. The summed E-state index contributed by atoms with van der Waals surface area (Å²) in [6, 6.07) is 24.3. The third-order valence-electron chi connectivity index (χ3n) is 5.75. The Bertz CT molecular complexity index is 1230. The molecule has 0 aromatic heterocycles. The second-order valence-electron chi connectivity index (χ2n) is 7.75. The number of anilines is 1. The van der Waals surface area contributed by atoms with Crippen LogP contribution in [-0.2, 0) is 15.2 Å². The number of hydrogen-bond donors (Lipinski definition) is 1. The first-order valence-corrected chi connectivity index (χ1v) is 10.1. The molecule has 3 aromatic rings. The standard InChI is InChI=1S/C26H20N2O3/c1-17-11-14-19(15-12-17)24(29)23-22(16-13-18-7-3-2-4-8-18)28-31-26(23)20-9-5-6-10-21(20)27-25(26)30/h2-16,23H,1H3,(H,27,30)/b16-13+/t23-,26+/m1/s1. The molecule has 0 aliphatic carbocycles. The molecule has 5 rings (SSSR count). The van der Waals surface area contributed by atoms with Gasteiger partial charge in [-0.15, -0.1) is 0 Å². The van der Waals surface area contributed by atoms with E-state index in [-0.39, 0.29) is 11.7 Å². The molecule has 3 aromatic carbocycles. The number of carbonyl (C=O) groups is 2. The number of rotatable bonds is 4. The van der Waals surface area contributed by atoms with Gasteiger partial charge < -0.3 is 10.2 Å². The van der Waals surface area contributed by atoms with Gasteiger partial charge in [0.2, 0.25) is 0 Å². The van der Waals surface area contributed by atoms with E-state index in [1.54, 1.807) is 24.3 Å². The molecule has 5 nitrogen and oxygen atoms in total. The lowest BCUT2D eigenvalue weighted by atomic mass is 9.75. The van der Waals surface area contributed by atoms with Crippen LogP contribution in [0.25, 0.3) is 6.08 Å². The number of nitrogens with one attached hydrogen (secondary N) is 1. The molecular weight excluding hydrogens is 388 g/mol. The summed E-state index contributed by atoms with van der Waals surface area (Å²) < 4.78 is 0. The van der Waals surface area contributed by atoms with Crippen LogP contribution >= 0.6 is 0 Å². The second kappa shape index (κ2) is 7.36. The predicted molar refractivity (Wildman–Crippen MR) is 120 cm³/mol. The Labute approximate surface area is 180 Å². The maximum atomic E-state index is 13.7. The Hall–Kier alpha value is -3.99. The number of hydrogen-bond acceptors (Lipinski definition) is 4. The van der Waals surface area contributed by atoms with E-state index < -0.39 is 11.5 Å². The van der Waals surface area contributed by atoms with Crippen molar-refractivity contribution in [3.63, 3.8) is 0 Å². The molecule has 2 heterocycles. The summed E-state index contributed by atoms with van der Waals surface area (Å²) in [6.07, 6.45) is 3.63. The third-order valence-corrected chi connectivity index (χ3v) is 5.75. The number of nitrogens with zero attached hydrogens (tertiary/aromatic N) is 1. The fourth-order valence-electron chi connectivity index (χ4n) is 4.14. The second-order valence-corrected chi connectivity index (χ2v) is 7.75. The molecule has 2 atom stereocenters. The molecule has 0 fully saturated rings. The van der Waals surface area contributed by atoms with Crippen LogP contribution in [-0.4, -0.2) is 17.4 Å². The summed E-state index contributed by atoms with van der Waals surface area (Å²) in [5, 5.41) is 7.09. The molecule has 2 aliphatic heterocycles. The topological polar surface area (TPSA) is 67.8 Å².